The molecule has 5 heteroatoms. The van der Waals surface area contributed by atoms with E-state index in [-0.39, 0.29) is 0 Å². The van der Waals surface area contributed by atoms with Gasteiger partial charge in [-0.15, -0.1) is 0 Å². The van der Waals surface area contributed by atoms with Crippen LogP contribution in [0.5, 0.6) is 5.88 Å². The van der Waals surface area contributed by atoms with Crippen LogP contribution in [0.25, 0.3) is 0 Å². The smallest absolute Gasteiger partial charge is 0.215 e. The van der Waals surface area contributed by atoms with Gasteiger partial charge in [-0.25, -0.2) is 0 Å². The zero-order chi connectivity index (χ0) is 14.4. The highest BCUT2D eigenvalue weighted by Crippen LogP contribution is 2.20. The van der Waals surface area contributed by atoms with E-state index in [2.05, 4.69) is 29.0 Å². The average molecular weight is 279 g/mol. The van der Waals surface area contributed by atoms with Crippen molar-refractivity contribution < 1.29 is 9.47 Å². The van der Waals surface area contributed by atoms with Crippen molar-refractivity contribution in [2.75, 3.05) is 37.8 Å². The van der Waals surface area contributed by atoms with Crippen LogP contribution in [0.3, 0.4) is 0 Å². The zero-order valence-corrected chi connectivity index (χ0v) is 12.6. The van der Waals surface area contributed by atoms with E-state index in [1.807, 2.05) is 25.1 Å². The third-order valence-corrected chi connectivity index (χ3v) is 3.28. The second-order valence-corrected chi connectivity index (χ2v) is 5.25. The molecule has 0 aromatic carbocycles. The van der Waals surface area contributed by atoms with Crippen molar-refractivity contribution in [3.63, 3.8) is 0 Å². The number of aromatic nitrogens is 1. The minimum atomic E-state index is 0.315. The van der Waals surface area contributed by atoms with Gasteiger partial charge in [0.05, 0.1) is 25.9 Å². The van der Waals surface area contributed by atoms with Crippen LogP contribution in [0.4, 0.5) is 5.82 Å². The van der Waals surface area contributed by atoms with Crippen molar-refractivity contribution in [3.8, 4) is 5.88 Å². The molecule has 1 N–H and O–H groups in total. The number of pyridine rings is 1. The summed E-state index contributed by atoms with van der Waals surface area (Å²) in [6, 6.07) is 6.72. The van der Waals surface area contributed by atoms with Gasteiger partial charge in [0.25, 0.3) is 0 Å². The molecule has 1 fully saturated rings. The van der Waals surface area contributed by atoms with E-state index >= 15 is 0 Å². The van der Waals surface area contributed by atoms with Crippen molar-refractivity contribution >= 4 is 5.82 Å². The predicted octanol–water partition coefficient (Wildman–Crippen LogP) is 1.68. The first-order chi connectivity index (χ1) is 9.70. The van der Waals surface area contributed by atoms with Gasteiger partial charge in [-0.05, 0) is 13.0 Å². The summed E-state index contributed by atoms with van der Waals surface area (Å²) in [5, 5.41) is 3.47. The normalized spacial score (nSPS) is 19.4. The number of rotatable bonds is 6. The molecule has 20 heavy (non-hydrogen) atoms. The van der Waals surface area contributed by atoms with E-state index in [4.69, 9.17) is 9.47 Å². The summed E-state index contributed by atoms with van der Waals surface area (Å²) in [7, 11) is 0. The predicted molar refractivity (Wildman–Crippen MR) is 80.5 cm³/mol. The van der Waals surface area contributed by atoms with Crippen LogP contribution < -0.4 is 15.0 Å². The van der Waals surface area contributed by atoms with Gasteiger partial charge in [0, 0.05) is 25.2 Å². The summed E-state index contributed by atoms with van der Waals surface area (Å²) in [5.74, 6) is 1.65. The molecule has 1 aromatic heterocycles. The van der Waals surface area contributed by atoms with Crippen LogP contribution in [-0.2, 0) is 4.74 Å². The monoisotopic (exact) mass is 279 g/mol. The lowest BCUT2D eigenvalue weighted by Crippen LogP contribution is -2.51. The van der Waals surface area contributed by atoms with Gasteiger partial charge in [-0.2, -0.15) is 4.98 Å². The summed E-state index contributed by atoms with van der Waals surface area (Å²) >= 11 is 0. The molecule has 2 rings (SSSR count). The molecule has 0 spiro atoms. The number of hydrogen-bond acceptors (Lipinski definition) is 5. The Bertz CT molecular complexity index is 412. The highest BCUT2D eigenvalue weighted by Gasteiger charge is 2.24. The third-order valence-electron chi connectivity index (χ3n) is 3.28. The van der Waals surface area contributed by atoms with Crippen LogP contribution in [0.1, 0.15) is 20.8 Å². The summed E-state index contributed by atoms with van der Waals surface area (Å²) in [6.45, 7) is 10.2. The Morgan fingerprint density at radius 2 is 2.35 bits per heavy atom. The fourth-order valence-electron chi connectivity index (χ4n) is 2.29. The molecule has 0 radical (unpaired) electrons. The second-order valence-electron chi connectivity index (χ2n) is 5.25. The molecule has 0 saturated carbocycles. The summed E-state index contributed by atoms with van der Waals surface area (Å²) in [6.07, 6.45) is 0. The molecule has 1 aliphatic heterocycles. The Labute approximate surface area is 121 Å². The minimum absolute atomic E-state index is 0.315. The largest absolute Gasteiger partial charge is 0.478 e. The van der Waals surface area contributed by atoms with Gasteiger partial charge < -0.3 is 19.7 Å². The Morgan fingerprint density at radius 3 is 3.10 bits per heavy atom. The van der Waals surface area contributed by atoms with Gasteiger partial charge in [0.2, 0.25) is 5.88 Å². The van der Waals surface area contributed by atoms with Gasteiger partial charge in [-0.1, -0.05) is 19.9 Å². The number of morpholine rings is 1. The lowest BCUT2D eigenvalue weighted by molar-refractivity contribution is 0.0927. The molecule has 112 valence electrons. The Balaban J connectivity index is 2.08. The molecular weight excluding hydrogens is 254 g/mol. The van der Waals surface area contributed by atoms with E-state index in [0.717, 1.165) is 32.1 Å². The van der Waals surface area contributed by atoms with Crippen LogP contribution in [0.15, 0.2) is 18.2 Å². The fourth-order valence-corrected chi connectivity index (χ4v) is 2.29. The maximum atomic E-state index is 5.60. The van der Waals surface area contributed by atoms with E-state index in [9.17, 15) is 0 Å². The van der Waals surface area contributed by atoms with E-state index in [1.165, 1.54) is 0 Å². The van der Waals surface area contributed by atoms with Gasteiger partial charge >= 0.3 is 0 Å². The lowest BCUT2D eigenvalue weighted by Gasteiger charge is -2.37. The van der Waals surface area contributed by atoms with Crippen LogP contribution >= 0.6 is 0 Å². The Morgan fingerprint density at radius 1 is 1.50 bits per heavy atom. The summed E-state index contributed by atoms with van der Waals surface area (Å²) in [5.41, 5.74) is 0. The topological polar surface area (TPSA) is 46.6 Å². The van der Waals surface area contributed by atoms with Gasteiger partial charge in [-0.3, -0.25) is 0 Å². The standard InChI is InChI=1S/C15H25N3O2/c1-4-20-15-7-5-6-14(17-15)18-8-9-19-11-13(18)10-16-12(2)3/h5-7,12-13,16H,4,8-11H2,1-3H3. The Hall–Kier alpha value is -1.33. The Kier molecular flexibility index (Phi) is 5.61. The first-order valence-corrected chi connectivity index (χ1v) is 7.38. The van der Waals surface area contributed by atoms with Crippen LogP contribution in [0, 0.1) is 0 Å². The minimum Gasteiger partial charge on any atom is -0.478 e. The average Bonchev–Trinajstić information content (AvgIpc) is 2.46. The van der Waals surface area contributed by atoms with E-state index in [1.54, 1.807) is 0 Å². The molecular formula is C15H25N3O2. The van der Waals surface area contributed by atoms with Crippen molar-refractivity contribution in [2.24, 2.45) is 0 Å². The van der Waals surface area contributed by atoms with Crippen molar-refractivity contribution in [3.05, 3.63) is 18.2 Å². The number of nitrogens with one attached hydrogen (secondary N) is 1. The molecule has 0 aliphatic carbocycles. The first kappa shape index (κ1) is 15.1. The number of hydrogen-bond donors (Lipinski definition) is 1. The van der Waals surface area contributed by atoms with E-state index < -0.39 is 0 Å². The van der Waals surface area contributed by atoms with Gasteiger partial charge in [0.15, 0.2) is 0 Å². The molecule has 0 amide bonds. The molecule has 1 aromatic rings. The van der Waals surface area contributed by atoms with E-state index in [0.29, 0.717) is 24.6 Å². The van der Waals surface area contributed by atoms with Crippen LogP contribution in [-0.4, -0.2) is 50.0 Å². The molecule has 5 nitrogen and oxygen atoms in total. The van der Waals surface area contributed by atoms with Crippen molar-refractivity contribution in [1.82, 2.24) is 10.3 Å². The van der Waals surface area contributed by atoms with Crippen molar-refractivity contribution in [2.45, 2.75) is 32.9 Å². The van der Waals surface area contributed by atoms with Crippen LogP contribution in [0.2, 0.25) is 0 Å². The van der Waals surface area contributed by atoms with Crippen molar-refractivity contribution in [1.29, 1.82) is 0 Å². The molecule has 1 unspecified atom stereocenters. The quantitative estimate of drug-likeness (QED) is 0.858. The molecule has 1 saturated heterocycles. The number of nitrogens with zero attached hydrogens (tertiary/aromatic N) is 2. The molecule has 1 atom stereocenters. The number of anilines is 1. The second kappa shape index (κ2) is 7.45. The highest BCUT2D eigenvalue weighted by atomic mass is 16.5. The maximum Gasteiger partial charge on any atom is 0.215 e. The zero-order valence-electron chi connectivity index (χ0n) is 12.6. The third kappa shape index (κ3) is 4.08. The lowest BCUT2D eigenvalue weighted by atomic mass is 10.2. The summed E-state index contributed by atoms with van der Waals surface area (Å²) in [4.78, 5) is 6.89. The fraction of sp³-hybridized carbons (Fsp3) is 0.667. The van der Waals surface area contributed by atoms with Gasteiger partial charge in [0.1, 0.15) is 5.82 Å². The number of ether oxygens (including phenoxy) is 2. The highest BCUT2D eigenvalue weighted by molar-refractivity contribution is 5.42. The summed E-state index contributed by atoms with van der Waals surface area (Å²) < 4.78 is 11.1. The first-order valence-electron chi connectivity index (χ1n) is 7.38. The molecule has 2 heterocycles. The SMILES string of the molecule is CCOc1cccc(N2CCOCC2CNC(C)C)n1. The molecule has 1 aliphatic rings. The maximum absolute atomic E-state index is 5.60. The molecule has 0 bridgehead atoms.